The van der Waals surface area contributed by atoms with Crippen molar-refractivity contribution in [3.8, 4) is 0 Å². The number of nitrogens with one attached hydrogen (secondary N) is 2. The van der Waals surface area contributed by atoms with Crippen LogP contribution in [0, 0.1) is 6.92 Å². The number of H-pyrrole nitrogens is 1. The fraction of sp³-hybridized carbons (Fsp3) is 0.750. The summed E-state index contributed by atoms with van der Waals surface area (Å²) in [6.45, 7) is 8.79. The number of aryl methyl sites for hydroxylation is 1. The maximum Gasteiger partial charge on any atom is 0.246 e. The number of sulfonamides is 1. The quantitative estimate of drug-likeness (QED) is 0.740. The van der Waals surface area contributed by atoms with E-state index in [0.29, 0.717) is 22.8 Å². The van der Waals surface area contributed by atoms with Crippen molar-refractivity contribution >= 4 is 10.0 Å². The van der Waals surface area contributed by atoms with Crippen LogP contribution in [-0.2, 0) is 16.6 Å². The molecule has 0 bridgehead atoms. The fourth-order valence-electron chi connectivity index (χ4n) is 1.74. The zero-order chi connectivity index (χ0) is 14.6. The number of aromatic nitrogens is 2. The van der Waals surface area contributed by atoms with Gasteiger partial charge in [-0.3, -0.25) is 5.10 Å². The summed E-state index contributed by atoms with van der Waals surface area (Å²) in [5.74, 6) is 0. The van der Waals surface area contributed by atoms with E-state index >= 15 is 0 Å². The van der Waals surface area contributed by atoms with E-state index in [-0.39, 0.29) is 6.04 Å². The van der Waals surface area contributed by atoms with E-state index in [4.69, 9.17) is 0 Å². The molecule has 19 heavy (non-hydrogen) atoms. The third-order valence-corrected chi connectivity index (χ3v) is 5.28. The molecule has 0 aliphatic carbocycles. The van der Waals surface area contributed by atoms with Crippen molar-refractivity contribution in [1.29, 1.82) is 0 Å². The fourth-order valence-corrected chi connectivity index (χ4v) is 3.43. The highest BCUT2D eigenvalue weighted by atomic mass is 32.2. The van der Waals surface area contributed by atoms with Crippen LogP contribution in [0.5, 0.6) is 0 Å². The molecule has 0 saturated heterocycles. The Morgan fingerprint density at radius 1 is 1.42 bits per heavy atom. The van der Waals surface area contributed by atoms with Crippen LogP contribution in [0.4, 0.5) is 0 Å². The Hall–Kier alpha value is -0.920. The summed E-state index contributed by atoms with van der Waals surface area (Å²) in [4.78, 5) is 0.298. The highest BCUT2D eigenvalue weighted by Gasteiger charge is 2.29. The molecule has 0 fully saturated rings. The third kappa shape index (κ3) is 3.55. The lowest BCUT2D eigenvalue weighted by Gasteiger charge is -2.21. The van der Waals surface area contributed by atoms with E-state index < -0.39 is 10.0 Å². The topological polar surface area (TPSA) is 78.1 Å². The van der Waals surface area contributed by atoms with Crippen LogP contribution in [-0.4, -0.2) is 42.6 Å². The van der Waals surface area contributed by atoms with Gasteiger partial charge in [0.25, 0.3) is 0 Å². The van der Waals surface area contributed by atoms with Crippen molar-refractivity contribution < 1.29 is 8.42 Å². The molecular formula is C12H24N4O2S. The number of hydrogen-bond acceptors (Lipinski definition) is 4. The summed E-state index contributed by atoms with van der Waals surface area (Å²) in [7, 11) is -1.90. The molecule has 110 valence electrons. The molecule has 1 aromatic heterocycles. The average Bonchev–Trinajstić information content (AvgIpc) is 2.70. The second kappa shape index (κ2) is 6.49. The Labute approximate surface area is 115 Å². The van der Waals surface area contributed by atoms with Crippen LogP contribution >= 0.6 is 0 Å². The Morgan fingerprint density at radius 2 is 2.05 bits per heavy atom. The van der Waals surface area contributed by atoms with E-state index in [2.05, 4.69) is 22.4 Å². The van der Waals surface area contributed by atoms with Crippen molar-refractivity contribution in [3.63, 3.8) is 0 Å². The van der Waals surface area contributed by atoms with E-state index in [1.54, 1.807) is 14.0 Å². The molecule has 0 aliphatic rings. The number of nitrogens with zero attached hydrogens (tertiary/aromatic N) is 2. The van der Waals surface area contributed by atoms with Crippen molar-refractivity contribution in [2.24, 2.45) is 0 Å². The first kappa shape index (κ1) is 16.1. The number of rotatable bonds is 7. The number of hydrogen-bond donors (Lipinski definition) is 2. The predicted octanol–water partition coefficient (Wildman–Crippen LogP) is 1.25. The molecule has 0 spiro atoms. The lowest BCUT2D eigenvalue weighted by atomic mass is 10.3. The molecule has 0 aromatic carbocycles. The number of aromatic amines is 1. The predicted molar refractivity (Wildman–Crippen MR) is 75.4 cm³/mol. The van der Waals surface area contributed by atoms with Gasteiger partial charge in [-0.05, 0) is 33.7 Å². The monoisotopic (exact) mass is 288 g/mol. The first-order valence-corrected chi connectivity index (χ1v) is 7.99. The molecule has 0 radical (unpaired) electrons. The Kier molecular flexibility index (Phi) is 5.51. The normalized spacial score (nSPS) is 12.6. The minimum Gasteiger partial charge on any atom is -0.311 e. The van der Waals surface area contributed by atoms with Crippen LogP contribution in [0.25, 0.3) is 0 Å². The summed E-state index contributed by atoms with van der Waals surface area (Å²) in [6, 6.07) is -0.0873. The second-order valence-corrected chi connectivity index (χ2v) is 6.85. The Morgan fingerprint density at radius 3 is 2.58 bits per heavy atom. The second-order valence-electron chi connectivity index (χ2n) is 4.92. The minimum atomic E-state index is -3.49. The van der Waals surface area contributed by atoms with Gasteiger partial charge in [0.1, 0.15) is 4.90 Å². The molecule has 1 heterocycles. The maximum atomic E-state index is 12.5. The van der Waals surface area contributed by atoms with E-state index in [1.807, 2.05) is 13.8 Å². The largest absolute Gasteiger partial charge is 0.311 e. The lowest BCUT2D eigenvalue weighted by molar-refractivity contribution is 0.409. The SMILES string of the molecule is CCCNCc1n[nH]c(C)c1S(=O)(=O)N(C)C(C)C. The molecule has 2 N–H and O–H groups in total. The highest BCUT2D eigenvalue weighted by molar-refractivity contribution is 7.89. The van der Waals surface area contributed by atoms with E-state index in [9.17, 15) is 8.42 Å². The van der Waals surface area contributed by atoms with Crippen molar-refractivity contribution in [3.05, 3.63) is 11.4 Å². The van der Waals surface area contributed by atoms with Gasteiger partial charge in [-0.1, -0.05) is 6.92 Å². The maximum absolute atomic E-state index is 12.5. The zero-order valence-electron chi connectivity index (χ0n) is 12.3. The van der Waals surface area contributed by atoms with Crippen molar-refractivity contribution in [1.82, 2.24) is 19.8 Å². The van der Waals surface area contributed by atoms with Gasteiger partial charge in [0.2, 0.25) is 10.0 Å². The molecule has 1 aromatic rings. The molecule has 0 saturated carbocycles. The van der Waals surface area contributed by atoms with Gasteiger partial charge in [0.05, 0.1) is 11.4 Å². The van der Waals surface area contributed by atoms with E-state index in [1.165, 1.54) is 4.31 Å². The molecule has 0 atom stereocenters. The van der Waals surface area contributed by atoms with Crippen LogP contribution in [0.1, 0.15) is 38.6 Å². The van der Waals surface area contributed by atoms with Crippen LogP contribution < -0.4 is 5.32 Å². The summed E-state index contributed by atoms with van der Waals surface area (Å²) in [5.41, 5.74) is 1.14. The summed E-state index contributed by atoms with van der Waals surface area (Å²) in [6.07, 6.45) is 0.997. The molecule has 0 amide bonds. The zero-order valence-corrected chi connectivity index (χ0v) is 13.1. The first-order valence-electron chi connectivity index (χ1n) is 6.55. The summed E-state index contributed by atoms with van der Waals surface area (Å²) >= 11 is 0. The van der Waals surface area contributed by atoms with Crippen LogP contribution in [0.3, 0.4) is 0 Å². The smallest absolute Gasteiger partial charge is 0.246 e. The van der Waals surface area contributed by atoms with Gasteiger partial charge in [0, 0.05) is 19.6 Å². The van der Waals surface area contributed by atoms with Crippen molar-refractivity contribution in [2.45, 2.75) is 51.6 Å². The van der Waals surface area contributed by atoms with E-state index in [0.717, 1.165) is 13.0 Å². The molecule has 0 aliphatic heterocycles. The van der Waals surface area contributed by atoms with Gasteiger partial charge in [-0.25, -0.2) is 8.42 Å². The minimum absolute atomic E-state index is 0.0873. The Balaban J connectivity index is 3.08. The molecule has 0 unspecified atom stereocenters. The molecule has 6 nitrogen and oxygen atoms in total. The standard InChI is InChI=1S/C12H24N4O2S/c1-6-7-13-8-11-12(10(4)14-15-11)19(17,18)16(5)9(2)3/h9,13H,6-8H2,1-5H3,(H,14,15). The van der Waals surface area contributed by atoms with Gasteiger partial charge in [-0.2, -0.15) is 9.40 Å². The molecule has 1 rings (SSSR count). The first-order chi connectivity index (χ1) is 8.82. The highest BCUT2D eigenvalue weighted by Crippen LogP contribution is 2.22. The van der Waals surface area contributed by atoms with Gasteiger partial charge in [0.15, 0.2) is 0 Å². The Bertz CT molecular complexity index is 508. The third-order valence-electron chi connectivity index (χ3n) is 3.04. The molecular weight excluding hydrogens is 264 g/mol. The average molecular weight is 288 g/mol. The lowest BCUT2D eigenvalue weighted by Crippen LogP contribution is -2.34. The van der Waals surface area contributed by atoms with Gasteiger partial charge < -0.3 is 5.32 Å². The van der Waals surface area contributed by atoms with Crippen LogP contribution in [0.2, 0.25) is 0 Å². The summed E-state index contributed by atoms with van der Waals surface area (Å²) < 4.78 is 26.5. The van der Waals surface area contributed by atoms with Gasteiger partial charge >= 0.3 is 0 Å². The van der Waals surface area contributed by atoms with Gasteiger partial charge in [-0.15, -0.1) is 0 Å². The summed E-state index contributed by atoms with van der Waals surface area (Å²) in [5, 5.41) is 10.1. The molecule has 7 heteroatoms. The van der Waals surface area contributed by atoms with Crippen molar-refractivity contribution in [2.75, 3.05) is 13.6 Å². The van der Waals surface area contributed by atoms with Crippen LogP contribution in [0.15, 0.2) is 4.90 Å².